The number of hydrogen-bond acceptors (Lipinski definition) is 3. The Balaban J connectivity index is 1.67. The van der Waals surface area contributed by atoms with Gasteiger partial charge in [0.2, 0.25) is 11.8 Å². The zero-order valence-corrected chi connectivity index (χ0v) is 17.1. The Morgan fingerprint density at radius 3 is 2.21 bits per heavy atom. The van der Waals surface area contributed by atoms with Crippen molar-refractivity contribution in [3.63, 3.8) is 0 Å². The molecule has 28 heavy (non-hydrogen) atoms. The van der Waals surface area contributed by atoms with E-state index in [4.69, 9.17) is 0 Å². The number of amides is 2. The fraction of sp³-hybridized carbons (Fsp3) is 0.409. The van der Waals surface area contributed by atoms with Crippen LogP contribution in [-0.2, 0) is 16.1 Å². The number of carbonyl (C=O) groups is 2. The Morgan fingerprint density at radius 1 is 1.00 bits per heavy atom. The highest BCUT2D eigenvalue weighted by atomic mass is 16.2. The van der Waals surface area contributed by atoms with E-state index in [9.17, 15) is 9.59 Å². The van der Waals surface area contributed by atoms with Gasteiger partial charge in [-0.15, -0.1) is 0 Å². The molecule has 0 radical (unpaired) electrons. The highest BCUT2D eigenvalue weighted by molar-refractivity contribution is 5.92. The molecule has 3 rings (SSSR count). The maximum atomic E-state index is 12.5. The van der Waals surface area contributed by atoms with Crippen molar-refractivity contribution < 1.29 is 9.59 Å². The summed E-state index contributed by atoms with van der Waals surface area (Å²) in [7, 11) is 0. The molecule has 1 aromatic carbocycles. The summed E-state index contributed by atoms with van der Waals surface area (Å²) < 4.78 is 1.98. The third-order valence-electron chi connectivity index (χ3n) is 5.32. The second kappa shape index (κ2) is 8.42. The SMILES string of the molecule is CC(=O)N1CCN(C(=O)/C=C/c2c(C)nn(Cc3ccc(C)cc3)c2C)CC1. The van der Waals surface area contributed by atoms with Gasteiger partial charge in [0.15, 0.2) is 0 Å². The molecule has 0 bridgehead atoms. The molecule has 6 heteroatoms. The first-order valence-electron chi connectivity index (χ1n) is 9.67. The number of carbonyl (C=O) groups excluding carboxylic acids is 2. The van der Waals surface area contributed by atoms with Crippen molar-refractivity contribution in [2.24, 2.45) is 0 Å². The van der Waals surface area contributed by atoms with Crippen molar-refractivity contribution in [3.05, 3.63) is 58.4 Å². The van der Waals surface area contributed by atoms with Crippen molar-refractivity contribution in [1.29, 1.82) is 0 Å². The summed E-state index contributed by atoms with van der Waals surface area (Å²) in [4.78, 5) is 27.5. The van der Waals surface area contributed by atoms with Crippen LogP contribution in [0.1, 0.15) is 35.0 Å². The molecule has 6 nitrogen and oxygen atoms in total. The van der Waals surface area contributed by atoms with Gasteiger partial charge in [0.05, 0.1) is 12.2 Å². The largest absolute Gasteiger partial charge is 0.339 e. The van der Waals surface area contributed by atoms with Crippen LogP contribution < -0.4 is 0 Å². The number of piperazine rings is 1. The summed E-state index contributed by atoms with van der Waals surface area (Å²) in [5.74, 6) is 0.0446. The van der Waals surface area contributed by atoms with Crippen molar-refractivity contribution in [2.75, 3.05) is 26.2 Å². The van der Waals surface area contributed by atoms with E-state index in [0.717, 1.165) is 17.0 Å². The average molecular weight is 380 g/mol. The highest BCUT2D eigenvalue weighted by Crippen LogP contribution is 2.17. The summed E-state index contributed by atoms with van der Waals surface area (Å²) in [5, 5.41) is 4.64. The fourth-order valence-electron chi connectivity index (χ4n) is 3.47. The van der Waals surface area contributed by atoms with Crippen molar-refractivity contribution in [3.8, 4) is 0 Å². The summed E-state index contributed by atoms with van der Waals surface area (Å²) >= 11 is 0. The summed E-state index contributed by atoms with van der Waals surface area (Å²) in [5.41, 5.74) is 5.39. The summed E-state index contributed by atoms with van der Waals surface area (Å²) in [6.07, 6.45) is 3.49. The smallest absolute Gasteiger partial charge is 0.246 e. The maximum Gasteiger partial charge on any atom is 0.246 e. The number of rotatable bonds is 4. The molecule has 1 fully saturated rings. The molecule has 0 N–H and O–H groups in total. The van der Waals surface area contributed by atoms with E-state index in [-0.39, 0.29) is 11.8 Å². The van der Waals surface area contributed by atoms with Gasteiger partial charge >= 0.3 is 0 Å². The minimum absolute atomic E-state index is 0.0201. The molecule has 2 amide bonds. The van der Waals surface area contributed by atoms with E-state index in [1.165, 1.54) is 11.1 Å². The molecule has 0 spiro atoms. The normalized spacial score (nSPS) is 14.7. The van der Waals surface area contributed by atoms with E-state index in [1.807, 2.05) is 24.6 Å². The van der Waals surface area contributed by atoms with Crippen LogP contribution >= 0.6 is 0 Å². The monoisotopic (exact) mass is 380 g/mol. The first kappa shape index (κ1) is 19.9. The molecule has 148 valence electrons. The van der Waals surface area contributed by atoms with Crippen LogP contribution in [0.25, 0.3) is 6.08 Å². The van der Waals surface area contributed by atoms with Crippen LogP contribution in [0.2, 0.25) is 0 Å². The molecular weight excluding hydrogens is 352 g/mol. The first-order valence-corrected chi connectivity index (χ1v) is 9.67. The molecule has 2 aromatic rings. The zero-order valence-electron chi connectivity index (χ0n) is 17.1. The van der Waals surface area contributed by atoms with Gasteiger partial charge in [0.25, 0.3) is 0 Å². The van der Waals surface area contributed by atoms with E-state index in [1.54, 1.807) is 22.8 Å². The molecule has 1 saturated heterocycles. The average Bonchev–Trinajstić information content (AvgIpc) is 2.94. The minimum Gasteiger partial charge on any atom is -0.339 e. The molecule has 2 heterocycles. The second-order valence-electron chi connectivity index (χ2n) is 7.39. The quantitative estimate of drug-likeness (QED) is 0.766. The standard InChI is InChI=1S/C22H28N4O2/c1-16-5-7-20(8-6-16)15-26-18(3)21(17(2)23-26)9-10-22(28)25-13-11-24(12-14-25)19(4)27/h5-10H,11-15H2,1-4H3/b10-9+. The van der Waals surface area contributed by atoms with Crippen LogP contribution in [-0.4, -0.2) is 57.6 Å². The lowest BCUT2D eigenvalue weighted by Gasteiger charge is -2.33. The van der Waals surface area contributed by atoms with Crippen LogP contribution in [0.5, 0.6) is 0 Å². The highest BCUT2D eigenvalue weighted by Gasteiger charge is 2.21. The third-order valence-corrected chi connectivity index (χ3v) is 5.32. The van der Waals surface area contributed by atoms with Gasteiger partial charge in [0, 0.05) is 50.4 Å². The molecular formula is C22H28N4O2. The van der Waals surface area contributed by atoms with E-state index < -0.39 is 0 Å². The van der Waals surface area contributed by atoms with Crippen molar-refractivity contribution >= 4 is 17.9 Å². The molecule has 0 saturated carbocycles. The van der Waals surface area contributed by atoms with Crippen LogP contribution in [0.4, 0.5) is 0 Å². The predicted octanol–water partition coefficient (Wildman–Crippen LogP) is 2.56. The summed E-state index contributed by atoms with van der Waals surface area (Å²) in [6, 6.07) is 8.44. The van der Waals surface area contributed by atoms with Crippen LogP contribution in [0.15, 0.2) is 30.3 Å². The summed E-state index contributed by atoms with van der Waals surface area (Å²) in [6.45, 7) is 10.7. The van der Waals surface area contributed by atoms with E-state index in [2.05, 4.69) is 36.3 Å². The molecule has 1 aliphatic rings. The van der Waals surface area contributed by atoms with Crippen molar-refractivity contribution in [1.82, 2.24) is 19.6 Å². The van der Waals surface area contributed by atoms with Crippen molar-refractivity contribution in [2.45, 2.75) is 34.2 Å². The molecule has 0 unspecified atom stereocenters. The van der Waals surface area contributed by atoms with Gasteiger partial charge in [-0.25, -0.2) is 0 Å². The zero-order chi connectivity index (χ0) is 20.3. The Kier molecular flexibility index (Phi) is 5.97. The van der Waals surface area contributed by atoms with Crippen LogP contribution in [0.3, 0.4) is 0 Å². The Labute approximate surface area is 166 Å². The third kappa shape index (κ3) is 4.50. The Bertz CT molecular complexity index is 888. The number of nitrogens with zero attached hydrogens (tertiary/aromatic N) is 4. The van der Waals surface area contributed by atoms with E-state index in [0.29, 0.717) is 32.7 Å². The van der Waals surface area contributed by atoms with Gasteiger partial charge < -0.3 is 9.80 Å². The number of benzene rings is 1. The number of aromatic nitrogens is 2. The van der Waals surface area contributed by atoms with Gasteiger partial charge in [-0.1, -0.05) is 29.8 Å². The maximum absolute atomic E-state index is 12.5. The molecule has 0 aliphatic carbocycles. The lowest BCUT2D eigenvalue weighted by molar-refractivity contribution is -0.135. The van der Waals surface area contributed by atoms with Gasteiger partial charge in [0.1, 0.15) is 0 Å². The lowest BCUT2D eigenvalue weighted by atomic mass is 10.1. The van der Waals surface area contributed by atoms with E-state index >= 15 is 0 Å². The molecule has 1 aliphatic heterocycles. The molecule has 0 atom stereocenters. The fourth-order valence-corrected chi connectivity index (χ4v) is 3.47. The molecule has 1 aromatic heterocycles. The topological polar surface area (TPSA) is 58.4 Å². The lowest BCUT2D eigenvalue weighted by Crippen LogP contribution is -2.49. The first-order chi connectivity index (χ1) is 13.3. The minimum atomic E-state index is -0.0201. The predicted molar refractivity (Wildman–Crippen MR) is 110 cm³/mol. The van der Waals surface area contributed by atoms with Gasteiger partial charge in [-0.05, 0) is 32.4 Å². The second-order valence-corrected chi connectivity index (χ2v) is 7.39. The Hall–Kier alpha value is -2.89. The number of aryl methyl sites for hydroxylation is 2. The van der Waals surface area contributed by atoms with Crippen LogP contribution in [0, 0.1) is 20.8 Å². The Morgan fingerprint density at radius 2 is 1.61 bits per heavy atom. The van der Waals surface area contributed by atoms with Gasteiger partial charge in [-0.2, -0.15) is 5.10 Å². The van der Waals surface area contributed by atoms with Gasteiger partial charge in [-0.3, -0.25) is 14.3 Å². The number of hydrogen-bond donors (Lipinski definition) is 0.